The van der Waals surface area contributed by atoms with Gasteiger partial charge < -0.3 is 20.7 Å². The fraction of sp³-hybridized carbons (Fsp3) is 0.513. The zero-order chi connectivity index (χ0) is 40.1. The zero-order valence-electron chi connectivity index (χ0n) is 31.7. The standard InChI is InChI=1S/C39H48F3N7O5/c1-24(21-45-34(52)25-10-12-26(13-11-25)39(42,36(2,3)4)37(5,6)7)33(51)44-18-9-19-54-27-14-15-29-28(20-27)32(48-23-47-29)35(53)46-22-31(50)49-30(43-8)16-17-38(49,40)41/h10-15,20,23-24,30H,9,16-19,21-22H2,1-7H3,(H,44,51)(H,45,52)(H,46,53)/t24-,30+/m1/s1. The van der Waals surface area contributed by atoms with E-state index >= 15 is 4.39 Å². The van der Waals surface area contributed by atoms with Crippen LogP contribution >= 0.6 is 0 Å². The maximum atomic E-state index is 16.5. The number of rotatable bonds is 13. The van der Waals surface area contributed by atoms with Gasteiger partial charge in [0.15, 0.2) is 0 Å². The summed E-state index contributed by atoms with van der Waals surface area (Å²) < 4.78 is 50.6. The van der Waals surface area contributed by atoms with Gasteiger partial charge in [0.25, 0.3) is 17.7 Å². The van der Waals surface area contributed by atoms with Crippen molar-refractivity contribution in [1.29, 1.82) is 0 Å². The molecule has 3 N–H and O–H groups in total. The van der Waals surface area contributed by atoms with E-state index in [2.05, 4.69) is 30.8 Å². The average Bonchev–Trinajstić information content (AvgIpc) is 3.44. The molecule has 0 aliphatic carbocycles. The number of halogens is 3. The number of aromatic nitrogens is 2. The number of carbonyl (C=O) groups excluding carboxylic acids is 4. The van der Waals surface area contributed by atoms with E-state index in [4.69, 9.17) is 11.3 Å². The summed E-state index contributed by atoms with van der Waals surface area (Å²) in [6.07, 6.45) is -0.478. The molecule has 12 nitrogen and oxygen atoms in total. The summed E-state index contributed by atoms with van der Waals surface area (Å²) in [6.45, 7) is 19.8. The summed E-state index contributed by atoms with van der Waals surface area (Å²) in [4.78, 5) is 62.4. The van der Waals surface area contributed by atoms with Crippen molar-refractivity contribution in [2.24, 2.45) is 16.7 Å². The SMILES string of the molecule is [C-]#[N+][C@@H]1CCC(F)(F)N1C(=O)CNC(=O)c1ncnc2ccc(OCCCNC(=O)[C@H](C)CNC(=O)c3ccc(C(F)(C(C)(C)C)C(C)(C)C)cc3)cc12. The molecule has 0 radical (unpaired) electrons. The molecule has 0 spiro atoms. The number of alkyl halides is 3. The number of hydrogen-bond donors (Lipinski definition) is 3. The Bertz CT molecular complexity index is 1890. The lowest BCUT2D eigenvalue weighted by Gasteiger charge is -2.47. The number of nitrogens with zero attached hydrogens (tertiary/aromatic N) is 4. The van der Waals surface area contributed by atoms with Crippen molar-refractivity contribution in [2.75, 3.05) is 26.2 Å². The molecule has 0 bridgehead atoms. The Kier molecular flexibility index (Phi) is 12.6. The van der Waals surface area contributed by atoms with Crippen LogP contribution in [0.1, 0.15) is 94.1 Å². The largest absolute Gasteiger partial charge is 0.494 e. The Morgan fingerprint density at radius 2 is 1.65 bits per heavy atom. The number of benzene rings is 2. The molecular weight excluding hydrogens is 703 g/mol. The van der Waals surface area contributed by atoms with Crippen LogP contribution in [0.25, 0.3) is 15.7 Å². The van der Waals surface area contributed by atoms with Gasteiger partial charge in [-0.1, -0.05) is 60.6 Å². The number of ether oxygens (including phenoxy) is 1. The van der Waals surface area contributed by atoms with Gasteiger partial charge in [-0.25, -0.2) is 25.8 Å². The van der Waals surface area contributed by atoms with Crippen molar-refractivity contribution in [3.8, 4) is 5.75 Å². The van der Waals surface area contributed by atoms with Crippen LogP contribution in [0, 0.1) is 23.3 Å². The minimum atomic E-state index is -3.47. The molecule has 1 fully saturated rings. The highest BCUT2D eigenvalue weighted by Gasteiger charge is 2.54. The highest BCUT2D eigenvalue weighted by molar-refractivity contribution is 6.05. The first-order valence-electron chi connectivity index (χ1n) is 17.8. The van der Waals surface area contributed by atoms with Crippen LogP contribution in [0.3, 0.4) is 0 Å². The van der Waals surface area contributed by atoms with Crippen LogP contribution in [-0.4, -0.2) is 76.9 Å². The normalized spacial score (nSPS) is 16.3. The van der Waals surface area contributed by atoms with Crippen molar-refractivity contribution in [1.82, 2.24) is 30.8 Å². The molecule has 1 saturated heterocycles. The molecule has 54 heavy (non-hydrogen) atoms. The number of fused-ring (bicyclic) bond motifs is 1. The first kappa shape index (κ1) is 41.5. The lowest BCUT2D eigenvalue weighted by atomic mass is 9.61. The number of hydrogen-bond acceptors (Lipinski definition) is 7. The topological polar surface area (TPSA) is 147 Å². The third-order valence-corrected chi connectivity index (χ3v) is 9.51. The van der Waals surface area contributed by atoms with Gasteiger partial charge >= 0.3 is 12.2 Å². The third-order valence-electron chi connectivity index (χ3n) is 9.51. The van der Waals surface area contributed by atoms with Crippen molar-refractivity contribution in [3.05, 3.63) is 77.0 Å². The van der Waals surface area contributed by atoms with Gasteiger partial charge in [0, 0.05) is 41.3 Å². The molecule has 290 valence electrons. The molecule has 4 rings (SSSR count). The van der Waals surface area contributed by atoms with Crippen LogP contribution in [0.15, 0.2) is 48.8 Å². The zero-order valence-corrected chi connectivity index (χ0v) is 31.7. The summed E-state index contributed by atoms with van der Waals surface area (Å²) in [5.74, 6) is -2.66. The van der Waals surface area contributed by atoms with Crippen LogP contribution in [0.4, 0.5) is 13.2 Å². The van der Waals surface area contributed by atoms with Gasteiger partial charge in [-0.15, -0.1) is 0 Å². The molecule has 0 saturated carbocycles. The van der Waals surface area contributed by atoms with Crippen molar-refractivity contribution in [3.63, 3.8) is 0 Å². The molecule has 15 heteroatoms. The van der Waals surface area contributed by atoms with Crippen molar-refractivity contribution >= 4 is 34.5 Å². The second-order valence-corrected chi connectivity index (χ2v) is 15.5. The second-order valence-electron chi connectivity index (χ2n) is 15.5. The maximum Gasteiger partial charge on any atom is 0.333 e. The Morgan fingerprint density at radius 1 is 0.981 bits per heavy atom. The molecule has 2 atom stereocenters. The molecule has 2 aromatic carbocycles. The fourth-order valence-corrected chi connectivity index (χ4v) is 6.80. The van der Waals surface area contributed by atoms with Gasteiger partial charge in [0.1, 0.15) is 23.4 Å². The molecular formula is C39H48F3N7O5. The van der Waals surface area contributed by atoms with E-state index < -0.39 is 59.4 Å². The first-order valence-corrected chi connectivity index (χ1v) is 17.8. The van der Waals surface area contributed by atoms with E-state index in [0.29, 0.717) is 34.2 Å². The van der Waals surface area contributed by atoms with E-state index in [1.807, 2.05) is 41.5 Å². The first-order chi connectivity index (χ1) is 25.2. The van der Waals surface area contributed by atoms with Crippen molar-refractivity contribution in [2.45, 2.75) is 85.6 Å². The molecule has 0 unspecified atom stereocenters. The Labute approximate surface area is 313 Å². The van der Waals surface area contributed by atoms with Crippen LogP contribution in [0.2, 0.25) is 0 Å². The van der Waals surface area contributed by atoms with Crippen molar-refractivity contribution < 1.29 is 37.1 Å². The van der Waals surface area contributed by atoms with Gasteiger partial charge in [-0.05, 0) is 42.3 Å². The lowest BCUT2D eigenvalue weighted by molar-refractivity contribution is -0.165. The smallest absolute Gasteiger partial charge is 0.333 e. The molecule has 2 heterocycles. The number of carbonyl (C=O) groups is 4. The molecule has 1 aliphatic rings. The van der Waals surface area contributed by atoms with Gasteiger partial charge in [-0.3, -0.25) is 24.0 Å². The number of likely N-dealkylation sites (tertiary alicyclic amines) is 1. The van der Waals surface area contributed by atoms with Crippen LogP contribution < -0.4 is 20.7 Å². The quantitative estimate of drug-likeness (QED) is 0.110. The summed E-state index contributed by atoms with van der Waals surface area (Å²) >= 11 is 0. The minimum Gasteiger partial charge on any atom is -0.494 e. The number of amides is 4. The van der Waals surface area contributed by atoms with Gasteiger partial charge in [0.05, 0.1) is 31.0 Å². The summed E-state index contributed by atoms with van der Waals surface area (Å²) in [7, 11) is 0. The molecule has 1 aliphatic heterocycles. The monoisotopic (exact) mass is 751 g/mol. The number of nitrogens with one attached hydrogen (secondary N) is 3. The van der Waals surface area contributed by atoms with E-state index in [9.17, 15) is 28.0 Å². The van der Waals surface area contributed by atoms with E-state index in [1.165, 1.54) is 6.07 Å². The Balaban J connectivity index is 1.23. The average molecular weight is 752 g/mol. The Hall–Kier alpha value is -5.26. The van der Waals surface area contributed by atoms with Crippen LogP contribution in [0.5, 0.6) is 5.75 Å². The van der Waals surface area contributed by atoms with E-state index in [1.54, 1.807) is 43.3 Å². The predicted molar refractivity (Wildman–Crippen MR) is 196 cm³/mol. The lowest BCUT2D eigenvalue weighted by Crippen LogP contribution is -2.48. The second kappa shape index (κ2) is 16.4. The fourth-order valence-electron chi connectivity index (χ4n) is 6.80. The molecule has 3 aromatic rings. The van der Waals surface area contributed by atoms with Gasteiger partial charge in [0.2, 0.25) is 5.91 Å². The van der Waals surface area contributed by atoms with Crippen LogP contribution in [-0.2, 0) is 15.3 Å². The summed E-state index contributed by atoms with van der Waals surface area (Å²) in [6, 6.07) is 7.80. The molecule has 4 amide bonds. The summed E-state index contributed by atoms with van der Waals surface area (Å²) in [5, 5.41) is 8.20. The predicted octanol–water partition coefficient (Wildman–Crippen LogP) is 6.03. The minimum absolute atomic E-state index is 0.0927. The highest BCUT2D eigenvalue weighted by atomic mass is 19.3. The molecule has 1 aromatic heterocycles. The Morgan fingerprint density at radius 3 is 2.28 bits per heavy atom. The third kappa shape index (κ3) is 9.09. The van der Waals surface area contributed by atoms with Gasteiger partial charge in [-0.2, -0.15) is 8.78 Å². The van der Waals surface area contributed by atoms with E-state index in [-0.39, 0.29) is 48.5 Å². The summed E-state index contributed by atoms with van der Waals surface area (Å²) in [5.41, 5.74) is -1.84. The van der Waals surface area contributed by atoms with E-state index in [0.717, 1.165) is 6.33 Å². The maximum absolute atomic E-state index is 16.5. The highest BCUT2D eigenvalue weighted by Crippen LogP contribution is 2.54.